The molecule has 0 saturated carbocycles. The molecule has 36 heavy (non-hydrogen) atoms. The summed E-state index contributed by atoms with van der Waals surface area (Å²) in [7, 11) is -10.8. The maximum Gasteiger partial charge on any atom is 0.486 e. The zero-order chi connectivity index (χ0) is 26.4. The molecule has 9 N–H and O–H groups in total. The fourth-order valence-corrected chi connectivity index (χ4v) is 5.80. The second-order valence-corrected chi connectivity index (χ2v) is 10.8. The van der Waals surface area contributed by atoms with E-state index in [1.165, 1.54) is 10.9 Å². The van der Waals surface area contributed by atoms with Gasteiger partial charge in [0.25, 0.3) is 0 Å². The number of phosphoric ester groups is 1. The summed E-state index contributed by atoms with van der Waals surface area (Å²) in [4.78, 5) is 30.1. The Morgan fingerprint density at radius 3 is 2.33 bits per heavy atom. The Balaban J connectivity index is 1.49. The average molecular weight is 559 g/mol. The average Bonchev–Trinajstić information content (AvgIpc) is 3.43. The number of nitrogens with zero attached hydrogens (tertiary/aromatic N) is 4. The van der Waals surface area contributed by atoms with Crippen LogP contribution in [-0.2, 0) is 32.0 Å². The van der Waals surface area contributed by atoms with Gasteiger partial charge < -0.3 is 50.5 Å². The Hall–Kier alpha value is -1.67. The van der Waals surface area contributed by atoms with Crippen molar-refractivity contribution >= 4 is 32.6 Å². The molecule has 0 amide bonds. The Morgan fingerprint density at radius 1 is 1.00 bits per heavy atom. The van der Waals surface area contributed by atoms with Crippen LogP contribution in [0, 0.1) is 0 Å². The summed E-state index contributed by atoms with van der Waals surface area (Å²) in [5.74, 6) is 0.0456. The number of aromatic nitrogens is 4. The molecular weight excluding hydrogens is 536 g/mol. The van der Waals surface area contributed by atoms with Crippen LogP contribution in [0.5, 0.6) is 0 Å². The molecule has 2 fully saturated rings. The number of anilines is 1. The van der Waals surface area contributed by atoms with E-state index < -0.39 is 78.0 Å². The number of hydrogen-bond donors (Lipinski definition) is 8. The quantitative estimate of drug-likeness (QED) is 0.140. The van der Waals surface area contributed by atoms with Crippen molar-refractivity contribution in [2.24, 2.45) is 0 Å². The minimum absolute atomic E-state index is 0.0456. The Morgan fingerprint density at radius 2 is 1.69 bits per heavy atom. The lowest BCUT2D eigenvalue weighted by Crippen LogP contribution is -2.35. The summed E-state index contributed by atoms with van der Waals surface area (Å²) in [6, 6.07) is 0. The molecule has 2 aliphatic heterocycles. The Bertz CT molecular complexity index is 1180. The summed E-state index contributed by atoms with van der Waals surface area (Å²) in [6.45, 7) is -1.69. The van der Waals surface area contributed by atoms with Gasteiger partial charge in [-0.25, -0.2) is 24.1 Å². The van der Waals surface area contributed by atoms with Gasteiger partial charge in [-0.05, 0) is 0 Å². The van der Waals surface area contributed by atoms with E-state index in [0.717, 1.165) is 6.33 Å². The summed E-state index contributed by atoms with van der Waals surface area (Å²) in [6.07, 6.45) is -10.6. The number of phosphoric acid groups is 2. The third-order valence-corrected chi connectivity index (χ3v) is 7.92. The van der Waals surface area contributed by atoms with Crippen LogP contribution in [0.25, 0.3) is 11.2 Å². The maximum atomic E-state index is 13.0. The van der Waals surface area contributed by atoms with Crippen LogP contribution in [-0.4, -0.2) is 111 Å². The van der Waals surface area contributed by atoms with E-state index in [9.17, 15) is 29.6 Å². The molecule has 0 radical (unpaired) electrons. The topological polar surface area (TPSA) is 292 Å². The van der Waals surface area contributed by atoms with Gasteiger partial charge in [0, 0.05) is 0 Å². The van der Waals surface area contributed by atoms with Crippen LogP contribution >= 0.6 is 15.6 Å². The molecule has 2 unspecified atom stereocenters. The van der Waals surface area contributed by atoms with Gasteiger partial charge >= 0.3 is 15.6 Å². The van der Waals surface area contributed by atoms with Gasteiger partial charge in [-0.2, -0.15) is 4.31 Å². The number of aliphatic hydroxyl groups is 5. The number of fused-ring (bicyclic) bond motifs is 1. The molecule has 0 bridgehead atoms. The van der Waals surface area contributed by atoms with E-state index in [1.54, 1.807) is 0 Å². The summed E-state index contributed by atoms with van der Waals surface area (Å²) in [5.41, 5.74) is 6.07. The van der Waals surface area contributed by atoms with Gasteiger partial charge in [0.05, 0.1) is 19.5 Å². The highest BCUT2D eigenvalue weighted by atomic mass is 31.3. The molecule has 9 atom stereocenters. The van der Waals surface area contributed by atoms with Crippen molar-refractivity contribution in [1.82, 2.24) is 19.5 Å². The highest BCUT2D eigenvalue weighted by Crippen LogP contribution is 2.62. The van der Waals surface area contributed by atoms with Crippen LogP contribution in [0.2, 0.25) is 0 Å². The molecular formula is C15H23N5O14P2. The van der Waals surface area contributed by atoms with Gasteiger partial charge in [-0.1, -0.05) is 0 Å². The van der Waals surface area contributed by atoms with Gasteiger partial charge in [-0.15, -0.1) is 0 Å². The normalized spacial score (nSPS) is 34.9. The SMILES string of the molecule is Nc1ncnc2c1ncn2[C@@H]1O[C@H](COP(=O)(OC2O[C@H](CO)[C@@H](O)[C@H]2O)OP(=O)(O)O)[C@@H](O)[C@H]1O. The van der Waals surface area contributed by atoms with Crippen molar-refractivity contribution in [3.8, 4) is 0 Å². The molecule has 4 heterocycles. The number of ether oxygens (including phenoxy) is 2. The molecule has 2 aromatic heterocycles. The molecule has 0 aliphatic carbocycles. The van der Waals surface area contributed by atoms with Gasteiger partial charge in [0.15, 0.2) is 24.0 Å². The Labute approximate surface area is 200 Å². The highest BCUT2D eigenvalue weighted by molar-refractivity contribution is 7.61. The number of hydrogen-bond acceptors (Lipinski definition) is 16. The van der Waals surface area contributed by atoms with Crippen LogP contribution in [0.4, 0.5) is 5.82 Å². The molecule has 2 saturated heterocycles. The smallest absolute Gasteiger partial charge is 0.394 e. The molecule has 4 rings (SSSR count). The largest absolute Gasteiger partial charge is 0.486 e. The Kier molecular flexibility index (Phi) is 7.78. The molecule has 2 aliphatic rings. The van der Waals surface area contributed by atoms with Crippen molar-refractivity contribution in [2.75, 3.05) is 18.9 Å². The number of nitrogens with two attached hydrogens (primary N) is 1. The van der Waals surface area contributed by atoms with Gasteiger partial charge in [0.2, 0.25) is 0 Å². The monoisotopic (exact) mass is 559 g/mol. The lowest BCUT2D eigenvalue weighted by atomic mass is 10.1. The third-order valence-electron chi connectivity index (χ3n) is 5.33. The molecule has 19 nitrogen and oxygen atoms in total. The molecule has 202 valence electrons. The van der Waals surface area contributed by atoms with Crippen LogP contribution in [0.3, 0.4) is 0 Å². The van der Waals surface area contributed by atoms with Crippen LogP contribution in [0.1, 0.15) is 6.23 Å². The van der Waals surface area contributed by atoms with Crippen molar-refractivity contribution in [1.29, 1.82) is 0 Å². The van der Waals surface area contributed by atoms with E-state index in [4.69, 9.17) is 39.1 Å². The van der Waals surface area contributed by atoms with E-state index in [0.29, 0.717) is 0 Å². The highest BCUT2D eigenvalue weighted by Gasteiger charge is 2.51. The number of rotatable bonds is 9. The third kappa shape index (κ3) is 5.45. The number of aliphatic hydroxyl groups excluding tert-OH is 5. The molecule has 0 spiro atoms. The minimum atomic E-state index is -5.53. The predicted octanol–water partition coefficient (Wildman–Crippen LogP) is -3.28. The van der Waals surface area contributed by atoms with Gasteiger partial charge in [0.1, 0.15) is 48.5 Å². The first kappa shape index (κ1) is 27.4. The lowest BCUT2D eigenvalue weighted by molar-refractivity contribution is -0.130. The first-order valence-corrected chi connectivity index (χ1v) is 13.1. The maximum absolute atomic E-state index is 13.0. The predicted molar refractivity (Wildman–Crippen MR) is 111 cm³/mol. The van der Waals surface area contributed by atoms with E-state index in [2.05, 4.69) is 19.3 Å². The standard InChI is InChI=1S/C15H23N5O14P2/c16-12-7-13(18-3-17-12)20(4-19-7)14-10(24)9(23)6(31-14)2-30-36(29,34-35(26,27)28)33-15-11(25)8(22)5(1-21)32-15/h3-6,8-11,14-15,21-25H,1-2H2,(H2,16,17,18)(H2,26,27,28)/t5-,6-,8-,9-,10-,11-,14-,15?,36?/m1/s1. The summed E-state index contributed by atoms with van der Waals surface area (Å²) < 4.78 is 49.9. The van der Waals surface area contributed by atoms with E-state index in [-0.39, 0.29) is 17.0 Å². The van der Waals surface area contributed by atoms with Crippen LogP contribution < -0.4 is 5.73 Å². The zero-order valence-corrected chi connectivity index (χ0v) is 19.7. The van der Waals surface area contributed by atoms with Crippen molar-refractivity contribution in [3.63, 3.8) is 0 Å². The van der Waals surface area contributed by atoms with Gasteiger partial charge in [-0.3, -0.25) is 13.6 Å². The summed E-state index contributed by atoms with van der Waals surface area (Å²) >= 11 is 0. The fraction of sp³-hybridized carbons (Fsp3) is 0.667. The minimum Gasteiger partial charge on any atom is -0.394 e. The zero-order valence-electron chi connectivity index (χ0n) is 17.9. The van der Waals surface area contributed by atoms with E-state index in [1.807, 2.05) is 0 Å². The second-order valence-electron chi connectivity index (χ2n) is 7.76. The summed E-state index contributed by atoms with van der Waals surface area (Å²) in [5, 5.41) is 49.8. The molecule has 0 aromatic carbocycles. The first-order chi connectivity index (χ1) is 16.8. The number of nitrogen functional groups attached to an aromatic ring is 1. The lowest BCUT2D eigenvalue weighted by Gasteiger charge is -2.24. The molecule has 2 aromatic rings. The number of imidazole rings is 1. The van der Waals surface area contributed by atoms with Crippen molar-refractivity contribution < 1.29 is 67.3 Å². The van der Waals surface area contributed by atoms with Crippen LogP contribution in [0.15, 0.2) is 12.7 Å². The fourth-order valence-electron chi connectivity index (χ4n) is 3.60. The second kappa shape index (κ2) is 10.2. The van der Waals surface area contributed by atoms with Crippen molar-refractivity contribution in [2.45, 2.75) is 49.1 Å². The molecule has 21 heteroatoms. The van der Waals surface area contributed by atoms with E-state index >= 15 is 0 Å². The first-order valence-electron chi connectivity index (χ1n) is 10.1. The van der Waals surface area contributed by atoms with Crippen molar-refractivity contribution in [3.05, 3.63) is 12.7 Å².